The Balaban J connectivity index is 1.99. The van der Waals surface area contributed by atoms with Crippen LogP contribution in [0.1, 0.15) is 0 Å². The average Bonchev–Trinajstić information content (AvgIpc) is 2.98. The Labute approximate surface area is 101 Å². The Morgan fingerprint density at radius 1 is 1.12 bits per heavy atom. The number of nitrogens with zero attached hydrogens (tertiary/aromatic N) is 5. The molecule has 2 N–H and O–H groups in total. The largest absolute Gasteiger partial charge is 0.374 e. The normalized spacial score (nSPS) is 10.6. The van der Waals surface area contributed by atoms with Crippen molar-refractivity contribution in [1.82, 2.24) is 25.2 Å². The second kappa shape index (κ2) is 3.95. The van der Waals surface area contributed by atoms with Gasteiger partial charge >= 0.3 is 0 Å². The van der Waals surface area contributed by atoms with Crippen molar-refractivity contribution in [3.63, 3.8) is 0 Å². The van der Waals surface area contributed by atoms with Crippen molar-refractivity contribution >= 4 is 16.5 Å². The van der Waals surface area contributed by atoms with Crippen molar-refractivity contribution in [1.29, 1.82) is 0 Å². The van der Waals surface area contributed by atoms with Gasteiger partial charge in [-0.15, -0.1) is 15.3 Å². The lowest BCUT2D eigenvalue weighted by Gasteiger charge is -1.96. The van der Waals surface area contributed by atoms with Crippen LogP contribution in [0.15, 0.2) is 36.5 Å². The predicted molar refractivity (Wildman–Crippen MR) is 64.7 cm³/mol. The Morgan fingerprint density at radius 2 is 1.94 bits per heavy atom. The molecule has 0 bridgehead atoms. The molecule has 7 heteroatoms. The first-order valence-corrected chi connectivity index (χ1v) is 5.72. The Morgan fingerprint density at radius 3 is 2.65 bits per heavy atom. The summed E-state index contributed by atoms with van der Waals surface area (Å²) in [5.41, 5.74) is 7.09. The number of nitrogens with two attached hydrogens (primary N) is 1. The van der Waals surface area contributed by atoms with Crippen LogP contribution in [0.25, 0.3) is 16.4 Å². The van der Waals surface area contributed by atoms with E-state index in [9.17, 15) is 0 Å². The maximum absolute atomic E-state index is 5.52. The van der Waals surface area contributed by atoms with E-state index in [2.05, 4.69) is 20.4 Å². The molecule has 0 aliphatic rings. The average molecular weight is 244 g/mol. The molecular weight excluding hydrogens is 236 g/mol. The molecule has 0 spiro atoms. The van der Waals surface area contributed by atoms with Crippen LogP contribution >= 0.6 is 11.3 Å². The van der Waals surface area contributed by atoms with Gasteiger partial charge in [0, 0.05) is 0 Å². The minimum absolute atomic E-state index is 0.425. The molecule has 3 aromatic rings. The fourth-order valence-electron chi connectivity index (χ4n) is 1.38. The minimum Gasteiger partial charge on any atom is -0.374 e. The first kappa shape index (κ1) is 9.91. The molecule has 84 valence electrons. The zero-order valence-electron chi connectivity index (χ0n) is 8.69. The van der Waals surface area contributed by atoms with Gasteiger partial charge in [0.1, 0.15) is 5.69 Å². The third-order valence-corrected chi connectivity index (χ3v) is 2.91. The highest BCUT2D eigenvalue weighted by Gasteiger charge is 2.09. The van der Waals surface area contributed by atoms with Gasteiger partial charge in [0.05, 0.1) is 11.9 Å². The molecule has 1 aromatic carbocycles. The highest BCUT2D eigenvalue weighted by molar-refractivity contribution is 7.18. The quantitative estimate of drug-likeness (QED) is 0.736. The van der Waals surface area contributed by atoms with Gasteiger partial charge in [-0.3, -0.25) is 0 Å². The number of benzene rings is 1. The summed E-state index contributed by atoms with van der Waals surface area (Å²) in [4.78, 5) is 1.55. The fourth-order valence-corrected chi connectivity index (χ4v) is 1.94. The number of hydrogen-bond donors (Lipinski definition) is 1. The molecule has 2 heterocycles. The summed E-state index contributed by atoms with van der Waals surface area (Å²) in [6.07, 6.45) is 1.65. The van der Waals surface area contributed by atoms with Crippen molar-refractivity contribution in [3.8, 4) is 16.4 Å². The van der Waals surface area contributed by atoms with Gasteiger partial charge in [-0.25, -0.2) is 0 Å². The molecule has 17 heavy (non-hydrogen) atoms. The summed E-state index contributed by atoms with van der Waals surface area (Å²) in [6, 6.07) is 9.67. The molecule has 6 nitrogen and oxygen atoms in total. The molecule has 0 radical (unpaired) electrons. The van der Waals surface area contributed by atoms with E-state index in [0.717, 1.165) is 5.69 Å². The number of hydrogen-bond acceptors (Lipinski definition) is 6. The van der Waals surface area contributed by atoms with Crippen LogP contribution in [0.3, 0.4) is 0 Å². The molecule has 0 fully saturated rings. The molecule has 0 unspecified atom stereocenters. The first-order valence-electron chi connectivity index (χ1n) is 4.90. The zero-order valence-corrected chi connectivity index (χ0v) is 9.50. The second-order valence-electron chi connectivity index (χ2n) is 3.30. The van der Waals surface area contributed by atoms with Crippen molar-refractivity contribution in [2.24, 2.45) is 0 Å². The van der Waals surface area contributed by atoms with E-state index >= 15 is 0 Å². The first-order chi connectivity index (χ1) is 8.33. The lowest BCUT2D eigenvalue weighted by Crippen LogP contribution is -1.97. The Bertz CT molecular complexity index is 629. The molecule has 0 atom stereocenters. The lowest BCUT2D eigenvalue weighted by molar-refractivity contribution is 0.753. The van der Waals surface area contributed by atoms with Gasteiger partial charge < -0.3 is 5.73 Å². The number of para-hydroxylation sites is 1. The molecular formula is C10H8N6S. The van der Waals surface area contributed by atoms with Gasteiger partial charge in [-0.1, -0.05) is 29.5 Å². The van der Waals surface area contributed by atoms with Crippen LogP contribution in [-0.4, -0.2) is 25.2 Å². The van der Waals surface area contributed by atoms with E-state index < -0.39 is 0 Å². The molecule has 0 saturated carbocycles. The van der Waals surface area contributed by atoms with Gasteiger partial charge in [0.15, 0.2) is 5.01 Å². The zero-order chi connectivity index (χ0) is 11.7. The van der Waals surface area contributed by atoms with Crippen molar-refractivity contribution in [2.45, 2.75) is 0 Å². The monoisotopic (exact) mass is 244 g/mol. The van der Waals surface area contributed by atoms with Crippen LogP contribution in [0, 0.1) is 0 Å². The molecule has 0 saturated heterocycles. The van der Waals surface area contributed by atoms with Crippen LogP contribution in [-0.2, 0) is 0 Å². The molecule has 2 aromatic heterocycles. The van der Waals surface area contributed by atoms with E-state index in [-0.39, 0.29) is 0 Å². The SMILES string of the molecule is Nc1nnc(-c2cnn(-c3ccccc3)n2)s1. The van der Waals surface area contributed by atoms with Gasteiger partial charge in [-0.05, 0) is 12.1 Å². The van der Waals surface area contributed by atoms with Crippen molar-refractivity contribution < 1.29 is 0 Å². The third kappa shape index (κ3) is 1.87. The van der Waals surface area contributed by atoms with Crippen LogP contribution in [0.2, 0.25) is 0 Å². The Kier molecular flexibility index (Phi) is 2.30. The summed E-state index contributed by atoms with van der Waals surface area (Å²) < 4.78 is 0. The summed E-state index contributed by atoms with van der Waals surface area (Å²) in [7, 11) is 0. The molecule has 0 aliphatic heterocycles. The van der Waals surface area contributed by atoms with E-state index in [0.29, 0.717) is 15.8 Å². The maximum Gasteiger partial charge on any atom is 0.203 e. The summed E-state index contributed by atoms with van der Waals surface area (Å²) >= 11 is 1.29. The van der Waals surface area contributed by atoms with Gasteiger partial charge in [-0.2, -0.15) is 9.90 Å². The fraction of sp³-hybridized carbons (Fsp3) is 0. The van der Waals surface area contributed by atoms with E-state index in [4.69, 9.17) is 5.73 Å². The van der Waals surface area contributed by atoms with Crippen LogP contribution in [0.4, 0.5) is 5.13 Å². The maximum atomic E-state index is 5.52. The minimum atomic E-state index is 0.425. The summed E-state index contributed by atoms with van der Waals surface area (Å²) in [5, 5.41) is 17.3. The lowest BCUT2D eigenvalue weighted by atomic mass is 10.3. The standard InChI is InChI=1S/C10H8N6S/c11-10-14-13-9(17-10)8-6-12-16(15-8)7-4-2-1-3-5-7/h1-6H,(H2,11,14). The number of nitrogen functional groups attached to an aromatic ring is 1. The smallest absolute Gasteiger partial charge is 0.203 e. The van der Waals surface area contributed by atoms with E-state index in [1.54, 1.807) is 11.0 Å². The highest BCUT2D eigenvalue weighted by Crippen LogP contribution is 2.22. The number of rotatable bonds is 2. The second-order valence-corrected chi connectivity index (χ2v) is 4.31. The molecule has 3 rings (SSSR count). The topological polar surface area (TPSA) is 82.5 Å². The van der Waals surface area contributed by atoms with Crippen LogP contribution < -0.4 is 5.73 Å². The highest BCUT2D eigenvalue weighted by atomic mass is 32.1. The van der Waals surface area contributed by atoms with Crippen molar-refractivity contribution in [2.75, 3.05) is 5.73 Å². The van der Waals surface area contributed by atoms with Crippen molar-refractivity contribution in [3.05, 3.63) is 36.5 Å². The van der Waals surface area contributed by atoms with E-state index in [1.165, 1.54) is 11.3 Å². The number of anilines is 1. The summed E-state index contributed by atoms with van der Waals surface area (Å²) in [6.45, 7) is 0. The Hall–Kier alpha value is -2.28. The predicted octanol–water partition coefficient (Wildman–Crippen LogP) is 1.37. The van der Waals surface area contributed by atoms with E-state index in [1.807, 2.05) is 30.3 Å². The van der Waals surface area contributed by atoms with Gasteiger partial charge in [0.2, 0.25) is 5.13 Å². The molecule has 0 aliphatic carbocycles. The van der Waals surface area contributed by atoms with Gasteiger partial charge in [0.25, 0.3) is 0 Å². The van der Waals surface area contributed by atoms with Crippen LogP contribution in [0.5, 0.6) is 0 Å². The number of aromatic nitrogens is 5. The summed E-state index contributed by atoms with van der Waals surface area (Å²) in [5.74, 6) is 0. The third-order valence-electron chi connectivity index (χ3n) is 2.14. The molecule has 0 amide bonds.